The lowest BCUT2D eigenvalue weighted by Gasteiger charge is -2.28. The van der Waals surface area contributed by atoms with Gasteiger partial charge in [-0.1, -0.05) is 29.8 Å². The van der Waals surface area contributed by atoms with Crippen molar-refractivity contribution in [2.75, 3.05) is 20.3 Å². The number of hydrogen-bond acceptors (Lipinski definition) is 11. The Morgan fingerprint density at radius 1 is 1.19 bits per heavy atom. The number of ether oxygens (including phenoxy) is 4. The number of hydrazone groups is 1. The Balaban J connectivity index is 1.41. The maximum Gasteiger partial charge on any atom is 0.337 e. The number of allylic oxidation sites excluding steroid dienone is 1. The van der Waals surface area contributed by atoms with Crippen LogP contribution in [0.4, 0.5) is 10.5 Å². The molecule has 4 rings (SSSR count). The summed E-state index contributed by atoms with van der Waals surface area (Å²) in [4.78, 5) is 35.8. The summed E-state index contributed by atoms with van der Waals surface area (Å²) in [6, 6.07) is 13.4. The molecule has 2 amide bonds. The summed E-state index contributed by atoms with van der Waals surface area (Å²) in [5.41, 5.74) is 4.45. The molecule has 14 nitrogen and oxygen atoms in total. The number of nitrogens with one attached hydrogen (secondary N) is 3. The van der Waals surface area contributed by atoms with Crippen LogP contribution in [0, 0.1) is 10.1 Å². The fraction of sp³-hybridized carbons (Fsp3) is 0.258. The minimum atomic E-state index is -1.28. The van der Waals surface area contributed by atoms with Crippen molar-refractivity contribution in [3.05, 3.63) is 102 Å². The van der Waals surface area contributed by atoms with Gasteiger partial charge in [0.1, 0.15) is 13.2 Å². The normalized spacial score (nSPS) is 15.0. The molecule has 2 atom stereocenters. The number of amides is 2. The quantitative estimate of drug-likeness (QED) is 0.0572. The Kier molecular flexibility index (Phi) is 12.0. The molecule has 4 N–H and O–H groups in total. The molecule has 0 unspecified atom stereocenters. The van der Waals surface area contributed by atoms with E-state index in [1.165, 1.54) is 19.4 Å². The van der Waals surface area contributed by atoms with E-state index < -0.39 is 29.2 Å². The Bertz CT molecular complexity index is 1720. The molecule has 0 aliphatic carbocycles. The van der Waals surface area contributed by atoms with Crippen LogP contribution >= 0.6 is 27.5 Å². The number of methoxy groups -OCH3 is 1. The highest BCUT2D eigenvalue weighted by Gasteiger charge is 2.32. The van der Waals surface area contributed by atoms with E-state index in [0.717, 1.165) is 5.56 Å². The van der Waals surface area contributed by atoms with Crippen LogP contribution in [0.2, 0.25) is 5.02 Å². The summed E-state index contributed by atoms with van der Waals surface area (Å²) in [7, 11) is 1.25. The fourth-order valence-corrected chi connectivity index (χ4v) is 5.35. The molecule has 0 spiro atoms. The lowest BCUT2D eigenvalue weighted by Crippen LogP contribution is -2.45. The lowest BCUT2D eigenvalue weighted by molar-refractivity contribution is -0.386. The van der Waals surface area contributed by atoms with E-state index in [2.05, 4.69) is 37.1 Å². The minimum absolute atomic E-state index is 0.0415. The maximum absolute atomic E-state index is 12.4. The summed E-state index contributed by atoms with van der Waals surface area (Å²) in [5, 5.41) is 32.0. The van der Waals surface area contributed by atoms with E-state index >= 15 is 0 Å². The number of rotatable bonds is 14. The maximum atomic E-state index is 12.4. The number of halogens is 2. The number of nitro groups is 1. The molecule has 16 heteroatoms. The van der Waals surface area contributed by atoms with Crippen molar-refractivity contribution in [3.63, 3.8) is 0 Å². The molecule has 0 saturated heterocycles. The van der Waals surface area contributed by atoms with Gasteiger partial charge in [-0.2, -0.15) is 5.10 Å². The highest BCUT2D eigenvalue weighted by Crippen LogP contribution is 2.37. The molecule has 3 aromatic rings. The van der Waals surface area contributed by atoms with Crippen LogP contribution in [0.3, 0.4) is 0 Å². The standard InChI is InChI=1S/C31H31BrClN5O9/c1-4-45-25-13-20(28-27(30(40)44-3)17(2)35-31(41)36-28)8-9-24(25)46-16-26(39)37-34-14-19-11-22(32)29(23(12-19)38(42)43)47-15-18-6-5-7-21(33)10-18/h5-14,26,28,37,39H,4,15-16H2,1-3H3,(H2,35,36,41)/b34-14+/t26-,28-/m0/s1. The van der Waals surface area contributed by atoms with Crippen LogP contribution in [0.25, 0.3) is 0 Å². The first kappa shape index (κ1) is 35.0. The SMILES string of the molecule is CCOc1cc([C@@H]2NC(=O)NC(C)=C2C(=O)OC)ccc1OC[C@H](O)N/N=C/c1cc(Br)c(OCc2cccc(Cl)c2)c([N+](=O)[O-])c1. The van der Waals surface area contributed by atoms with E-state index in [1.54, 1.807) is 62.4 Å². The number of nitrogens with zero attached hydrogens (tertiary/aromatic N) is 2. The number of aliphatic hydroxyl groups is 1. The van der Waals surface area contributed by atoms with Crippen LogP contribution in [0.5, 0.6) is 17.2 Å². The molecule has 1 heterocycles. The predicted molar refractivity (Wildman–Crippen MR) is 176 cm³/mol. The second kappa shape index (κ2) is 16.1. The number of urea groups is 1. The van der Waals surface area contributed by atoms with Crippen molar-refractivity contribution >= 4 is 51.4 Å². The highest BCUT2D eigenvalue weighted by molar-refractivity contribution is 9.10. The van der Waals surface area contributed by atoms with Gasteiger partial charge in [-0.05, 0) is 71.2 Å². The van der Waals surface area contributed by atoms with Crippen molar-refractivity contribution in [1.82, 2.24) is 16.1 Å². The molecule has 0 aromatic heterocycles. The van der Waals surface area contributed by atoms with Gasteiger partial charge in [0.15, 0.2) is 17.7 Å². The summed E-state index contributed by atoms with van der Waals surface area (Å²) in [5.74, 6) is 0.0343. The van der Waals surface area contributed by atoms with Crippen molar-refractivity contribution in [2.45, 2.75) is 32.7 Å². The third kappa shape index (κ3) is 9.12. The summed E-state index contributed by atoms with van der Waals surface area (Å²) >= 11 is 9.33. The molecule has 0 fully saturated rings. The van der Waals surface area contributed by atoms with Gasteiger partial charge in [0, 0.05) is 22.3 Å². The molecule has 0 saturated carbocycles. The van der Waals surface area contributed by atoms with Crippen molar-refractivity contribution in [1.29, 1.82) is 0 Å². The number of esters is 1. The van der Waals surface area contributed by atoms with Crippen LogP contribution in [-0.4, -0.2) is 54.8 Å². The van der Waals surface area contributed by atoms with Crippen LogP contribution in [0.1, 0.15) is 36.6 Å². The number of aliphatic hydroxyl groups excluding tert-OH is 1. The minimum Gasteiger partial charge on any atom is -0.490 e. The van der Waals surface area contributed by atoms with E-state index in [4.69, 9.17) is 30.5 Å². The van der Waals surface area contributed by atoms with E-state index in [-0.39, 0.29) is 42.6 Å². The third-order valence-electron chi connectivity index (χ3n) is 6.62. The van der Waals surface area contributed by atoms with E-state index in [9.17, 15) is 24.8 Å². The smallest absolute Gasteiger partial charge is 0.337 e. The second-order valence-electron chi connectivity index (χ2n) is 9.94. The number of nitro benzene ring substituents is 1. The fourth-order valence-electron chi connectivity index (χ4n) is 4.55. The number of carbonyl (C=O) groups excluding carboxylic acids is 2. The van der Waals surface area contributed by atoms with Gasteiger partial charge in [-0.25, -0.2) is 9.59 Å². The van der Waals surface area contributed by atoms with Crippen molar-refractivity contribution in [3.8, 4) is 17.2 Å². The summed E-state index contributed by atoms with van der Waals surface area (Å²) < 4.78 is 22.4. The van der Waals surface area contributed by atoms with Crippen molar-refractivity contribution < 1.29 is 38.6 Å². The number of carbonyl (C=O) groups is 2. The second-order valence-corrected chi connectivity index (χ2v) is 11.2. The molecule has 3 aromatic carbocycles. The number of hydrogen-bond donors (Lipinski definition) is 4. The topological polar surface area (TPSA) is 183 Å². The van der Waals surface area contributed by atoms with E-state index in [1.807, 2.05) is 0 Å². The van der Waals surface area contributed by atoms with Gasteiger partial charge in [0.25, 0.3) is 0 Å². The van der Waals surface area contributed by atoms with Gasteiger partial charge >= 0.3 is 17.7 Å². The zero-order valence-electron chi connectivity index (χ0n) is 25.4. The molecule has 1 aliphatic heterocycles. The Labute approximate surface area is 283 Å². The molecule has 1 aliphatic rings. The Morgan fingerprint density at radius 2 is 1.98 bits per heavy atom. The third-order valence-corrected chi connectivity index (χ3v) is 7.45. The Morgan fingerprint density at radius 3 is 2.68 bits per heavy atom. The first-order valence-corrected chi connectivity index (χ1v) is 15.3. The van der Waals surface area contributed by atoms with Crippen molar-refractivity contribution in [2.24, 2.45) is 5.10 Å². The molecule has 248 valence electrons. The predicted octanol–water partition coefficient (Wildman–Crippen LogP) is 5.11. The average molecular weight is 733 g/mol. The van der Waals surface area contributed by atoms with Crippen LogP contribution in [0.15, 0.2) is 75.4 Å². The van der Waals surface area contributed by atoms with Gasteiger partial charge in [0.2, 0.25) is 5.75 Å². The summed E-state index contributed by atoms with van der Waals surface area (Å²) in [6.45, 7) is 3.47. The highest BCUT2D eigenvalue weighted by atomic mass is 79.9. The molecular formula is C31H31BrClN5O9. The molecule has 0 radical (unpaired) electrons. The van der Waals surface area contributed by atoms with Gasteiger partial charge in [-0.15, -0.1) is 0 Å². The monoisotopic (exact) mass is 731 g/mol. The van der Waals surface area contributed by atoms with E-state index in [0.29, 0.717) is 32.1 Å². The zero-order chi connectivity index (χ0) is 34.1. The van der Waals surface area contributed by atoms with Gasteiger partial charge < -0.3 is 34.7 Å². The van der Waals surface area contributed by atoms with Gasteiger partial charge in [-0.3, -0.25) is 15.5 Å². The number of benzene rings is 3. The zero-order valence-corrected chi connectivity index (χ0v) is 27.8. The first-order chi connectivity index (χ1) is 22.5. The Hall–Kier alpha value is -4.86. The van der Waals surface area contributed by atoms with Gasteiger partial charge in [0.05, 0.1) is 40.9 Å². The summed E-state index contributed by atoms with van der Waals surface area (Å²) in [6.07, 6.45) is 0.0171. The molecule has 0 bridgehead atoms. The van der Waals surface area contributed by atoms with Crippen LogP contribution in [-0.2, 0) is 16.1 Å². The lowest BCUT2D eigenvalue weighted by atomic mass is 9.95. The first-order valence-electron chi connectivity index (χ1n) is 14.1. The van der Waals surface area contributed by atoms with Crippen LogP contribution < -0.4 is 30.3 Å². The largest absolute Gasteiger partial charge is 0.490 e. The average Bonchev–Trinajstić information content (AvgIpc) is 3.03. The molecule has 47 heavy (non-hydrogen) atoms. The molecular weight excluding hydrogens is 702 g/mol.